The van der Waals surface area contributed by atoms with Crippen LogP contribution in [-0.2, 0) is 10.0 Å². The van der Waals surface area contributed by atoms with Crippen molar-refractivity contribution >= 4 is 21.6 Å². The van der Waals surface area contributed by atoms with Crippen molar-refractivity contribution in [2.24, 2.45) is 0 Å². The highest BCUT2D eigenvalue weighted by molar-refractivity contribution is 7.89. The molecule has 1 aliphatic carbocycles. The lowest BCUT2D eigenvalue weighted by atomic mass is 10.2. The van der Waals surface area contributed by atoms with Gasteiger partial charge < -0.3 is 5.32 Å². The van der Waals surface area contributed by atoms with Crippen LogP contribution in [0.4, 0.5) is 10.1 Å². The first-order chi connectivity index (χ1) is 11.0. The van der Waals surface area contributed by atoms with E-state index in [4.69, 9.17) is 0 Å². The second kappa shape index (κ2) is 6.10. The largest absolute Gasteiger partial charge is 0.319 e. The van der Waals surface area contributed by atoms with Gasteiger partial charge in [-0.3, -0.25) is 4.79 Å². The Balaban J connectivity index is 1.81. The first kappa shape index (κ1) is 15.6. The minimum Gasteiger partial charge on any atom is -0.319 e. The minimum atomic E-state index is -3.64. The molecule has 0 bridgehead atoms. The lowest BCUT2D eigenvalue weighted by Gasteiger charge is -2.09. The van der Waals surface area contributed by atoms with Crippen molar-refractivity contribution in [2.75, 3.05) is 5.32 Å². The van der Waals surface area contributed by atoms with Crippen LogP contribution in [0, 0.1) is 5.82 Å². The third-order valence-electron chi connectivity index (χ3n) is 3.43. The van der Waals surface area contributed by atoms with Gasteiger partial charge in [-0.05, 0) is 43.2 Å². The molecule has 1 amide bonds. The number of amides is 1. The Bertz CT molecular complexity index is 848. The molecule has 120 valence electrons. The molecule has 0 radical (unpaired) electrons. The number of carbonyl (C=O) groups is 1. The van der Waals surface area contributed by atoms with E-state index < -0.39 is 21.7 Å². The van der Waals surface area contributed by atoms with Crippen molar-refractivity contribution in [3.8, 4) is 0 Å². The summed E-state index contributed by atoms with van der Waals surface area (Å²) in [7, 11) is -3.64. The van der Waals surface area contributed by atoms with Gasteiger partial charge in [-0.15, -0.1) is 0 Å². The predicted molar refractivity (Wildman–Crippen MR) is 84.1 cm³/mol. The zero-order chi connectivity index (χ0) is 16.4. The van der Waals surface area contributed by atoms with Gasteiger partial charge in [-0.2, -0.15) is 0 Å². The minimum absolute atomic E-state index is 0.0177. The Labute approximate surface area is 133 Å². The van der Waals surface area contributed by atoms with E-state index in [0.29, 0.717) is 0 Å². The number of nitrogens with one attached hydrogen (secondary N) is 2. The average Bonchev–Trinajstić information content (AvgIpc) is 3.33. The summed E-state index contributed by atoms with van der Waals surface area (Å²) in [6.07, 6.45) is 1.65. The maximum atomic E-state index is 13.6. The second-order valence-corrected chi connectivity index (χ2v) is 7.07. The summed E-state index contributed by atoms with van der Waals surface area (Å²) in [6, 6.07) is 11.4. The Morgan fingerprint density at radius 2 is 1.83 bits per heavy atom. The molecule has 1 aliphatic rings. The maximum Gasteiger partial charge on any atom is 0.255 e. The van der Waals surface area contributed by atoms with Crippen LogP contribution in [0.3, 0.4) is 0 Å². The van der Waals surface area contributed by atoms with Gasteiger partial charge in [0.15, 0.2) is 0 Å². The van der Waals surface area contributed by atoms with E-state index in [2.05, 4.69) is 10.0 Å². The Hall–Kier alpha value is -2.25. The third kappa shape index (κ3) is 3.75. The van der Waals surface area contributed by atoms with Gasteiger partial charge in [-0.1, -0.05) is 18.2 Å². The molecule has 3 rings (SSSR count). The standard InChI is InChI=1S/C16H15FN2O3S/c17-14-6-1-2-7-15(14)18-16(20)11-4-3-5-13(10-11)23(21,22)19-12-8-9-12/h1-7,10,12,19H,8-9H2,(H,18,20). The number of rotatable bonds is 5. The Morgan fingerprint density at radius 1 is 1.09 bits per heavy atom. The highest BCUT2D eigenvalue weighted by Crippen LogP contribution is 2.23. The molecular weight excluding hydrogens is 319 g/mol. The molecule has 2 N–H and O–H groups in total. The summed E-state index contributed by atoms with van der Waals surface area (Å²) in [5.41, 5.74) is 0.189. The van der Waals surface area contributed by atoms with Crippen LogP contribution in [0.2, 0.25) is 0 Å². The molecule has 7 heteroatoms. The summed E-state index contributed by atoms with van der Waals surface area (Å²) >= 11 is 0. The van der Waals surface area contributed by atoms with Crippen molar-refractivity contribution in [1.82, 2.24) is 4.72 Å². The van der Waals surface area contributed by atoms with Crippen LogP contribution in [0.1, 0.15) is 23.2 Å². The predicted octanol–water partition coefficient (Wildman–Crippen LogP) is 2.52. The zero-order valence-electron chi connectivity index (χ0n) is 12.1. The monoisotopic (exact) mass is 334 g/mol. The summed E-state index contributed by atoms with van der Waals surface area (Å²) in [5, 5.41) is 2.43. The van der Waals surface area contributed by atoms with Crippen LogP contribution in [0.5, 0.6) is 0 Å². The van der Waals surface area contributed by atoms with E-state index >= 15 is 0 Å². The molecule has 2 aromatic rings. The van der Waals surface area contributed by atoms with Crippen molar-refractivity contribution in [3.63, 3.8) is 0 Å². The number of benzene rings is 2. The zero-order valence-corrected chi connectivity index (χ0v) is 12.9. The molecule has 23 heavy (non-hydrogen) atoms. The van der Waals surface area contributed by atoms with Gasteiger partial charge in [0.2, 0.25) is 10.0 Å². The van der Waals surface area contributed by atoms with Crippen LogP contribution in [-0.4, -0.2) is 20.4 Å². The summed E-state index contributed by atoms with van der Waals surface area (Å²) in [6.45, 7) is 0. The van der Waals surface area contributed by atoms with Gasteiger partial charge in [-0.25, -0.2) is 17.5 Å². The lowest BCUT2D eigenvalue weighted by Crippen LogP contribution is -2.26. The fourth-order valence-electron chi connectivity index (χ4n) is 2.05. The van der Waals surface area contributed by atoms with Crippen LogP contribution in [0.25, 0.3) is 0 Å². The summed E-state index contributed by atoms with van der Waals surface area (Å²) < 4.78 is 40.5. The maximum absolute atomic E-state index is 13.6. The van der Waals surface area contributed by atoms with Gasteiger partial charge in [0.05, 0.1) is 10.6 Å². The van der Waals surface area contributed by atoms with Gasteiger partial charge >= 0.3 is 0 Å². The number of carbonyl (C=O) groups excluding carboxylic acids is 1. The molecular formula is C16H15FN2O3S. The van der Waals surface area contributed by atoms with E-state index in [1.54, 1.807) is 6.07 Å². The summed E-state index contributed by atoms with van der Waals surface area (Å²) in [4.78, 5) is 12.2. The van der Waals surface area contributed by atoms with Crippen LogP contribution < -0.4 is 10.0 Å². The number of hydrogen-bond donors (Lipinski definition) is 2. The van der Waals surface area contributed by atoms with Gasteiger partial charge in [0, 0.05) is 11.6 Å². The average molecular weight is 334 g/mol. The van der Waals surface area contributed by atoms with E-state index in [9.17, 15) is 17.6 Å². The molecule has 0 saturated heterocycles. The molecule has 0 unspecified atom stereocenters. The highest BCUT2D eigenvalue weighted by Gasteiger charge is 2.28. The lowest BCUT2D eigenvalue weighted by molar-refractivity contribution is 0.102. The van der Waals surface area contributed by atoms with E-state index in [-0.39, 0.29) is 22.2 Å². The smallest absolute Gasteiger partial charge is 0.255 e. The van der Waals surface area contributed by atoms with Crippen molar-refractivity contribution < 1.29 is 17.6 Å². The number of anilines is 1. The SMILES string of the molecule is O=C(Nc1ccccc1F)c1cccc(S(=O)(=O)NC2CC2)c1. The normalized spacial score (nSPS) is 14.5. The molecule has 0 heterocycles. The molecule has 1 saturated carbocycles. The number of sulfonamides is 1. The Morgan fingerprint density at radius 3 is 2.52 bits per heavy atom. The van der Waals surface area contributed by atoms with Crippen molar-refractivity contribution in [3.05, 3.63) is 59.9 Å². The molecule has 5 nitrogen and oxygen atoms in total. The first-order valence-corrected chi connectivity index (χ1v) is 8.62. The van der Waals surface area contributed by atoms with Gasteiger partial charge in [0.1, 0.15) is 5.82 Å². The van der Waals surface area contributed by atoms with Crippen LogP contribution in [0.15, 0.2) is 53.4 Å². The number of halogens is 1. The van der Waals surface area contributed by atoms with Crippen molar-refractivity contribution in [2.45, 2.75) is 23.8 Å². The van der Waals surface area contributed by atoms with E-state index in [1.807, 2.05) is 0 Å². The number of para-hydroxylation sites is 1. The van der Waals surface area contributed by atoms with E-state index in [1.165, 1.54) is 42.5 Å². The van der Waals surface area contributed by atoms with Crippen LogP contribution >= 0.6 is 0 Å². The van der Waals surface area contributed by atoms with Crippen molar-refractivity contribution in [1.29, 1.82) is 0 Å². The fraction of sp³-hybridized carbons (Fsp3) is 0.188. The molecule has 0 aromatic heterocycles. The Kier molecular flexibility index (Phi) is 4.14. The topological polar surface area (TPSA) is 75.3 Å². The molecule has 0 aliphatic heterocycles. The second-order valence-electron chi connectivity index (χ2n) is 5.36. The quantitative estimate of drug-likeness (QED) is 0.882. The number of hydrogen-bond acceptors (Lipinski definition) is 3. The molecule has 2 aromatic carbocycles. The molecule has 0 spiro atoms. The molecule has 1 fully saturated rings. The third-order valence-corrected chi connectivity index (χ3v) is 4.95. The fourth-order valence-corrected chi connectivity index (χ4v) is 3.40. The summed E-state index contributed by atoms with van der Waals surface area (Å²) in [5.74, 6) is -1.13. The highest BCUT2D eigenvalue weighted by atomic mass is 32.2. The molecule has 0 atom stereocenters. The van der Waals surface area contributed by atoms with Gasteiger partial charge in [0.25, 0.3) is 5.91 Å². The first-order valence-electron chi connectivity index (χ1n) is 7.14. The van der Waals surface area contributed by atoms with E-state index in [0.717, 1.165) is 12.8 Å².